The molecule has 16 heavy (non-hydrogen) atoms. The minimum atomic E-state index is 0. The molecule has 5 heteroatoms. The van der Waals surface area contributed by atoms with Crippen LogP contribution in [0.1, 0.15) is 24.1 Å². The van der Waals surface area contributed by atoms with E-state index in [9.17, 15) is 0 Å². The number of nitrogens with zero attached hydrogens (tertiary/aromatic N) is 1. The van der Waals surface area contributed by atoms with Crippen molar-refractivity contribution in [3.8, 4) is 6.07 Å². The van der Waals surface area contributed by atoms with E-state index in [1.54, 1.807) is 0 Å². The van der Waals surface area contributed by atoms with Crippen LogP contribution in [0.2, 0.25) is 0 Å². The van der Waals surface area contributed by atoms with Crippen molar-refractivity contribution in [3.63, 3.8) is 0 Å². The van der Waals surface area contributed by atoms with Crippen LogP contribution in [0.4, 0.5) is 0 Å². The maximum atomic E-state index is 8.77. The van der Waals surface area contributed by atoms with Crippen molar-refractivity contribution in [2.24, 2.45) is 5.73 Å². The van der Waals surface area contributed by atoms with Gasteiger partial charge in [0.1, 0.15) is 11.8 Å². The molecule has 0 aromatic carbocycles. The van der Waals surface area contributed by atoms with E-state index in [0.29, 0.717) is 12.2 Å². The van der Waals surface area contributed by atoms with Gasteiger partial charge in [-0.15, -0.1) is 12.4 Å². The van der Waals surface area contributed by atoms with Crippen molar-refractivity contribution >= 4 is 12.4 Å². The van der Waals surface area contributed by atoms with Crippen LogP contribution in [0.3, 0.4) is 0 Å². The smallest absolute Gasteiger partial charge is 0.117 e. The first-order chi connectivity index (χ1) is 7.30. The van der Waals surface area contributed by atoms with E-state index in [1.807, 2.05) is 12.3 Å². The Labute approximate surface area is 101 Å². The predicted octanol–water partition coefficient (Wildman–Crippen LogP) is 1.32. The summed E-state index contributed by atoms with van der Waals surface area (Å²) in [6.45, 7) is 2.12. The lowest BCUT2D eigenvalue weighted by Gasteiger charge is -2.35. The summed E-state index contributed by atoms with van der Waals surface area (Å²) in [5.41, 5.74) is 7.62. The molecule has 1 saturated heterocycles. The normalized spacial score (nSPS) is 18.5. The van der Waals surface area contributed by atoms with Gasteiger partial charge < -0.3 is 15.5 Å². The number of aromatic nitrogens is 1. The minimum absolute atomic E-state index is 0. The lowest BCUT2D eigenvalue weighted by Crippen LogP contribution is -2.40. The van der Waals surface area contributed by atoms with Gasteiger partial charge in [-0.1, -0.05) is 0 Å². The molecule has 0 unspecified atom stereocenters. The van der Waals surface area contributed by atoms with Crippen molar-refractivity contribution in [1.29, 1.82) is 5.26 Å². The number of nitrogens with one attached hydrogen (secondary N) is 1. The summed E-state index contributed by atoms with van der Waals surface area (Å²) in [6.07, 6.45) is 3.77. The number of aromatic amines is 1. The topological polar surface area (TPSA) is 74.8 Å². The van der Waals surface area contributed by atoms with Gasteiger partial charge in [-0.25, -0.2) is 0 Å². The maximum absolute atomic E-state index is 8.77. The van der Waals surface area contributed by atoms with Crippen molar-refractivity contribution < 1.29 is 4.74 Å². The fourth-order valence-electron chi connectivity index (χ4n) is 2.14. The first kappa shape index (κ1) is 13.0. The number of rotatable bonds is 2. The summed E-state index contributed by atoms with van der Waals surface area (Å²) in [4.78, 5) is 2.95. The zero-order chi connectivity index (χ0) is 10.7. The number of H-pyrrole nitrogens is 1. The third-order valence-corrected chi connectivity index (χ3v) is 3.26. The van der Waals surface area contributed by atoms with Crippen LogP contribution in [-0.4, -0.2) is 24.7 Å². The maximum Gasteiger partial charge on any atom is 0.117 e. The average molecular weight is 242 g/mol. The molecule has 0 saturated carbocycles. The van der Waals surface area contributed by atoms with Gasteiger partial charge in [0, 0.05) is 31.4 Å². The second-order valence-corrected chi connectivity index (χ2v) is 4.01. The lowest BCUT2D eigenvalue weighted by atomic mass is 9.75. The number of halogens is 1. The van der Waals surface area contributed by atoms with E-state index in [1.165, 1.54) is 0 Å². The van der Waals surface area contributed by atoms with Gasteiger partial charge in [0.25, 0.3) is 0 Å². The molecule has 0 bridgehead atoms. The molecule has 88 valence electrons. The van der Waals surface area contributed by atoms with Crippen molar-refractivity contribution in [2.45, 2.75) is 18.3 Å². The van der Waals surface area contributed by atoms with E-state index < -0.39 is 0 Å². The van der Waals surface area contributed by atoms with Crippen LogP contribution < -0.4 is 5.73 Å². The molecule has 0 radical (unpaired) electrons. The fraction of sp³-hybridized carbons (Fsp3) is 0.545. The highest BCUT2D eigenvalue weighted by molar-refractivity contribution is 5.85. The number of nitriles is 1. The molecule has 2 heterocycles. The molecule has 3 N–H and O–H groups in total. The Morgan fingerprint density at radius 2 is 2.19 bits per heavy atom. The molecule has 1 fully saturated rings. The SMILES string of the molecule is Cl.N#Cc1cc(C2(CN)CCOCC2)c[nH]1. The third kappa shape index (κ3) is 2.22. The summed E-state index contributed by atoms with van der Waals surface area (Å²) in [7, 11) is 0. The Bertz CT molecular complexity index is 377. The van der Waals surface area contributed by atoms with Crippen LogP contribution >= 0.6 is 12.4 Å². The molecule has 0 atom stereocenters. The zero-order valence-electron chi connectivity index (χ0n) is 9.03. The van der Waals surface area contributed by atoms with Crippen molar-refractivity contribution in [1.82, 2.24) is 4.98 Å². The van der Waals surface area contributed by atoms with Gasteiger partial charge in [0.15, 0.2) is 0 Å². The molecule has 4 nitrogen and oxygen atoms in total. The molecule has 0 amide bonds. The first-order valence-electron chi connectivity index (χ1n) is 5.17. The number of hydrogen-bond donors (Lipinski definition) is 2. The molecule has 1 aliphatic heterocycles. The van der Waals surface area contributed by atoms with E-state index in [2.05, 4.69) is 11.1 Å². The van der Waals surface area contributed by atoms with Gasteiger partial charge in [0.2, 0.25) is 0 Å². The van der Waals surface area contributed by atoms with E-state index in [4.69, 9.17) is 15.7 Å². The average Bonchev–Trinajstić information content (AvgIpc) is 2.79. The Hall–Kier alpha value is -1.02. The summed E-state index contributed by atoms with van der Waals surface area (Å²) in [6, 6.07) is 4.00. The summed E-state index contributed by atoms with van der Waals surface area (Å²) >= 11 is 0. The highest BCUT2D eigenvalue weighted by Gasteiger charge is 2.33. The van der Waals surface area contributed by atoms with Crippen molar-refractivity contribution in [3.05, 3.63) is 23.5 Å². The molecule has 2 rings (SSSR count). The largest absolute Gasteiger partial charge is 0.381 e. The van der Waals surface area contributed by atoms with Crippen LogP contribution in [0.5, 0.6) is 0 Å². The van der Waals surface area contributed by atoms with Crippen LogP contribution in [0.15, 0.2) is 12.3 Å². The predicted molar refractivity (Wildman–Crippen MR) is 63.5 cm³/mol. The molecular formula is C11H16ClN3O. The number of ether oxygens (including phenoxy) is 1. The lowest BCUT2D eigenvalue weighted by molar-refractivity contribution is 0.0530. The highest BCUT2D eigenvalue weighted by atomic mass is 35.5. The second-order valence-electron chi connectivity index (χ2n) is 4.01. The van der Waals surface area contributed by atoms with Gasteiger partial charge in [-0.2, -0.15) is 5.26 Å². The Kier molecular flexibility index (Phi) is 4.36. The zero-order valence-corrected chi connectivity index (χ0v) is 9.85. The summed E-state index contributed by atoms with van der Waals surface area (Å²) in [5.74, 6) is 0. The summed E-state index contributed by atoms with van der Waals surface area (Å²) in [5, 5.41) is 8.77. The Morgan fingerprint density at radius 3 is 2.69 bits per heavy atom. The third-order valence-electron chi connectivity index (χ3n) is 3.26. The van der Waals surface area contributed by atoms with Crippen LogP contribution in [0, 0.1) is 11.3 Å². The van der Waals surface area contributed by atoms with Gasteiger partial charge in [0.05, 0.1) is 0 Å². The van der Waals surface area contributed by atoms with Crippen LogP contribution in [0.25, 0.3) is 0 Å². The van der Waals surface area contributed by atoms with Gasteiger partial charge in [-0.05, 0) is 24.5 Å². The number of nitrogens with two attached hydrogens (primary N) is 1. The summed E-state index contributed by atoms with van der Waals surface area (Å²) < 4.78 is 5.35. The molecule has 1 aliphatic rings. The number of hydrogen-bond acceptors (Lipinski definition) is 3. The Morgan fingerprint density at radius 1 is 1.50 bits per heavy atom. The Balaban J connectivity index is 0.00000128. The molecule has 0 aliphatic carbocycles. The van der Waals surface area contributed by atoms with E-state index in [0.717, 1.165) is 31.6 Å². The molecular weight excluding hydrogens is 226 g/mol. The van der Waals surface area contributed by atoms with Gasteiger partial charge >= 0.3 is 0 Å². The molecule has 1 aromatic rings. The minimum Gasteiger partial charge on any atom is -0.381 e. The van der Waals surface area contributed by atoms with Crippen molar-refractivity contribution in [2.75, 3.05) is 19.8 Å². The molecule has 0 spiro atoms. The van der Waals surface area contributed by atoms with E-state index in [-0.39, 0.29) is 17.8 Å². The quantitative estimate of drug-likeness (QED) is 0.820. The van der Waals surface area contributed by atoms with E-state index >= 15 is 0 Å². The fourth-order valence-corrected chi connectivity index (χ4v) is 2.14. The monoisotopic (exact) mass is 241 g/mol. The van der Waals surface area contributed by atoms with Gasteiger partial charge in [-0.3, -0.25) is 0 Å². The molecule has 1 aromatic heterocycles. The standard InChI is InChI=1S/C11H15N3O.ClH/c12-6-10-5-9(7-14-10)11(8-13)1-3-15-4-2-11;/h5,7,14H,1-4,8,13H2;1H. The first-order valence-corrected chi connectivity index (χ1v) is 5.17. The highest BCUT2D eigenvalue weighted by Crippen LogP contribution is 2.33. The van der Waals surface area contributed by atoms with Crippen LogP contribution in [-0.2, 0) is 10.2 Å². The second kappa shape index (κ2) is 5.35.